The average molecular weight is 250 g/mol. The molecule has 0 radical (unpaired) electrons. The Bertz CT molecular complexity index is 376. The summed E-state index contributed by atoms with van der Waals surface area (Å²) in [4.78, 5) is 0. The number of methoxy groups -OCH3 is 1. The van der Waals surface area contributed by atoms with Gasteiger partial charge in [0.05, 0.1) is 24.6 Å². The number of para-hydroxylation sites is 1. The molecule has 0 amide bonds. The first-order chi connectivity index (χ1) is 8.81. The summed E-state index contributed by atoms with van der Waals surface area (Å²) in [6, 6.07) is 5.78. The Morgan fingerprint density at radius 2 is 2.33 bits per heavy atom. The molecule has 0 aromatic heterocycles. The number of nitrogens with one attached hydrogen (secondary N) is 1. The molecular weight excluding hydrogens is 228 g/mol. The molecule has 18 heavy (non-hydrogen) atoms. The molecule has 1 aliphatic rings. The van der Waals surface area contributed by atoms with E-state index in [4.69, 9.17) is 15.2 Å². The van der Waals surface area contributed by atoms with Crippen LogP contribution in [0.15, 0.2) is 18.2 Å². The molecule has 3 N–H and O–H groups in total. The summed E-state index contributed by atoms with van der Waals surface area (Å²) in [7, 11) is 1.63. The highest BCUT2D eigenvalue weighted by Gasteiger charge is 2.13. The number of rotatable bonds is 5. The van der Waals surface area contributed by atoms with Crippen molar-refractivity contribution in [2.75, 3.05) is 31.3 Å². The lowest BCUT2D eigenvalue weighted by molar-refractivity contribution is 0.0134. The summed E-state index contributed by atoms with van der Waals surface area (Å²) in [6.07, 6.45) is 5.09. The second kappa shape index (κ2) is 6.50. The molecule has 1 atom stereocenters. The zero-order valence-electron chi connectivity index (χ0n) is 10.9. The van der Waals surface area contributed by atoms with Crippen LogP contribution in [0, 0.1) is 0 Å². The van der Waals surface area contributed by atoms with Gasteiger partial charge in [0, 0.05) is 13.2 Å². The van der Waals surface area contributed by atoms with Gasteiger partial charge in [-0.15, -0.1) is 0 Å². The van der Waals surface area contributed by atoms with E-state index in [0.717, 1.165) is 25.3 Å². The first kappa shape index (κ1) is 13.0. The first-order valence-electron chi connectivity index (χ1n) is 6.59. The molecule has 1 aromatic carbocycles. The quantitative estimate of drug-likeness (QED) is 0.789. The average Bonchev–Trinajstić information content (AvgIpc) is 2.42. The van der Waals surface area contributed by atoms with Crippen molar-refractivity contribution < 1.29 is 9.47 Å². The van der Waals surface area contributed by atoms with E-state index in [1.165, 1.54) is 19.3 Å². The highest BCUT2D eigenvalue weighted by Crippen LogP contribution is 2.29. The molecule has 0 bridgehead atoms. The standard InChI is InChI=1S/C14H22N2O2/c1-17-13-7-4-6-12(14(13)15)16-9-8-11-5-2-3-10-18-11/h4,6-7,11,16H,2-3,5,8-10,15H2,1H3. The fraction of sp³-hybridized carbons (Fsp3) is 0.571. The van der Waals surface area contributed by atoms with Crippen molar-refractivity contribution in [2.45, 2.75) is 31.8 Å². The van der Waals surface area contributed by atoms with Gasteiger partial charge in [-0.05, 0) is 37.8 Å². The van der Waals surface area contributed by atoms with E-state index in [1.54, 1.807) is 7.11 Å². The number of hydrogen-bond acceptors (Lipinski definition) is 4. The normalized spacial score (nSPS) is 19.5. The highest BCUT2D eigenvalue weighted by atomic mass is 16.5. The second-order valence-corrected chi connectivity index (χ2v) is 4.63. The van der Waals surface area contributed by atoms with Gasteiger partial charge in [-0.3, -0.25) is 0 Å². The predicted octanol–water partition coefficient (Wildman–Crippen LogP) is 2.65. The molecule has 1 aromatic rings. The third-order valence-electron chi connectivity index (χ3n) is 3.34. The fourth-order valence-electron chi connectivity index (χ4n) is 2.28. The van der Waals surface area contributed by atoms with E-state index in [9.17, 15) is 0 Å². The Hall–Kier alpha value is -1.42. The summed E-state index contributed by atoms with van der Waals surface area (Å²) in [6.45, 7) is 1.79. The molecule has 1 unspecified atom stereocenters. The van der Waals surface area contributed by atoms with Gasteiger partial charge >= 0.3 is 0 Å². The van der Waals surface area contributed by atoms with E-state index in [0.29, 0.717) is 17.5 Å². The summed E-state index contributed by atoms with van der Waals surface area (Å²) in [5.74, 6) is 0.717. The van der Waals surface area contributed by atoms with Crippen LogP contribution >= 0.6 is 0 Å². The minimum absolute atomic E-state index is 0.401. The smallest absolute Gasteiger partial charge is 0.143 e. The van der Waals surface area contributed by atoms with Crippen molar-refractivity contribution in [1.29, 1.82) is 0 Å². The Morgan fingerprint density at radius 1 is 1.44 bits per heavy atom. The van der Waals surface area contributed by atoms with Crippen molar-refractivity contribution in [2.24, 2.45) is 0 Å². The van der Waals surface area contributed by atoms with Crippen LogP contribution in [-0.2, 0) is 4.74 Å². The number of anilines is 2. The largest absolute Gasteiger partial charge is 0.495 e. The minimum Gasteiger partial charge on any atom is -0.495 e. The second-order valence-electron chi connectivity index (χ2n) is 4.63. The lowest BCUT2D eigenvalue weighted by Gasteiger charge is -2.23. The molecule has 0 aliphatic carbocycles. The zero-order chi connectivity index (χ0) is 12.8. The van der Waals surface area contributed by atoms with Crippen LogP contribution in [0.1, 0.15) is 25.7 Å². The lowest BCUT2D eigenvalue weighted by Crippen LogP contribution is -2.22. The van der Waals surface area contributed by atoms with Gasteiger partial charge in [-0.25, -0.2) is 0 Å². The summed E-state index contributed by atoms with van der Waals surface area (Å²) < 4.78 is 10.9. The molecule has 1 heterocycles. The van der Waals surface area contributed by atoms with Crippen molar-refractivity contribution >= 4 is 11.4 Å². The van der Waals surface area contributed by atoms with Gasteiger partial charge in [0.1, 0.15) is 5.75 Å². The minimum atomic E-state index is 0.401. The van der Waals surface area contributed by atoms with Crippen molar-refractivity contribution in [3.63, 3.8) is 0 Å². The molecular formula is C14H22N2O2. The number of benzene rings is 1. The van der Waals surface area contributed by atoms with Crippen LogP contribution in [-0.4, -0.2) is 26.4 Å². The topological polar surface area (TPSA) is 56.5 Å². The van der Waals surface area contributed by atoms with Crippen LogP contribution in [0.25, 0.3) is 0 Å². The van der Waals surface area contributed by atoms with E-state index < -0.39 is 0 Å². The Labute approximate surface area is 108 Å². The van der Waals surface area contributed by atoms with E-state index in [1.807, 2.05) is 18.2 Å². The molecule has 4 nitrogen and oxygen atoms in total. The highest BCUT2D eigenvalue weighted by molar-refractivity contribution is 5.72. The molecule has 1 aliphatic heterocycles. The summed E-state index contributed by atoms with van der Waals surface area (Å²) >= 11 is 0. The maximum Gasteiger partial charge on any atom is 0.143 e. The summed E-state index contributed by atoms with van der Waals surface area (Å²) in [5.41, 5.74) is 7.60. The molecule has 4 heteroatoms. The number of hydrogen-bond donors (Lipinski definition) is 2. The van der Waals surface area contributed by atoms with Gasteiger partial charge in [-0.2, -0.15) is 0 Å². The van der Waals surface area contributed by atoms with Gasteiger partial charge in [0.25, 0.3) is 0 Å². The maximum absolute atomic E-state index is 5.99. The first-order valence-corrected chi connectivity index (χ1v) is 6.59. The number of nitrogen functional groups attached to an aromatic ring is 1. The summed E-state index contributed by atoms with van der Waals surface area (Å²) in [5, 5.41) is 3.35. The Balaban J connectivity index is 1.82. The van der Waals surface area contributed by atoms with Crippen molar-refractivity contribution in [3.8, 4) is 5.75 Å². The molecule has 1 fully saturated rings. The van der Waals surface area contributed by atoms with Gasteiger partial charge in [0.2, 0.25) is 0 Å². The van der Waals surface area contributed by atoms with Crippen molar-refractivity contribution in [1.82, 2.24) is 0 Å². The SMILES string of the molecule is COc1cccc(NCCC2CCCCO2)c1N. The maximum atomic E-state index is 5.99. The van der Waals surface area contributed by atoms with Gasteiger partial charge in [0.15, 0.2) is 0 Å². The van der Waals surface area contributed by atoms with Crippen LogP contribution in [0.2, 0.25) is 0 Å². The van der Waals surface area contributed by atoms with Gasteiger partial charge < -0.3 is 20.5 Å². The van der Waals surface area contributed by atoms with E-state index >= 15 is 0 Å². The Morgan fingerprint density at radius 3 is 3.06 bits per heavy atom. The van der Waals surface area contributed by atoms with Gasteiger partial charge in [-0.1, -0.05) is 6.07 Å². The molecule has 2 rings (SSSR count). The van der Waals surface area contributed by atoms with E-state index in [-0.39, 0.29) is 0 Å². The fourth-order valence-corrected chi connectivity index (χ4v) is 2.28. The molecule has 100 valence electrons. The molecule has 1 saturated heterocycles. The zero-order valence-corrected chi connectivity index (χ0v) is 10.9. The predicted molar refractivity (Wildman–Crippen MR) is 74.1 cm³/mol. The molecule has 0 saturated carbocycles. The third-order valence-corrected chi connectivity index (χ3v) is 3.34. The van der Waals surface area contributed by atoms with Crippen molar-refractivity contribution in [3.05, 3.63) is 18.2 Å². The molecule has 0 spiro atoms. The lowest BCUT2D eigenvalue weighted by atomic mass is 10.1. The number of nitrogens with two attached hydrogens (primary N) is 1. The van der Waals surface area contributed by atoms with Crippen LogP contribution in [0.4, 0.5) is 11.4 Å². The van der Waals surface area contributed by atoms with E-state index in [2.05, 4.69) is 5.32 Å². The van der Waals surface area contributed by atoms with Crippen LogP contribution in [0.3, 0.4) is 0 Å². The Kier molecular flexibility index (Phi) is 4.70. The van der Waals surface area contributed by atoms with Crippen LogP contribution in [0.5, 0.6) is 5.75 Å². The number of ether oxygens (including phenoxy) is 2. The van der Waals surface area contributed by atoms with Crippen LogP contribution < -0.4 is 15.8 Å². The monoisotopic (exact) mass is 250 g/mol. The third kappa shape index (κ3) is 3.29.